The summed E-state index contributed by atoms with van der Waals surface area (Å²) in [5.74, 6) is -0.0198. The fraction of sp³-hybridized carbons (Fsp3) is 0.227. The molecule has 4 aromatic rings. The van der Waals surface area contributed by atoms with Crippen molar-refractivity contribution in [2.45, 2.75) is 19.4 Å². The summed E-state index contributed by atoms with van der Waals surface area (Å²) in [4.78, 5) is 21.3. The van der Waals surface area contributed by atoms with Gasteiger partial charge in [0.25, 0.3) is 5.91 Å². The Morgan fingerprint density at radius 2 is 2.00 bits per heavy atom. The van der Waals surface area contributed by atoms with Crippen LogP contribution in [0.1, 0.15) is 23.0 Å². The molecule has 0 bridgehead atoms. The first-order valence-electron chi connectivity index (χ1n) is 10.0. The molecule has 1 saturated heterocycles. The molecule has 0 saturated carbocycles. The van der Waals surface area contributed by atoms with Gasteiger partial charge in [0.05, 0.1) is 30.0 Å². The van der Waals surface area contributed by atoms with Gasteiger partial charge in [-0.05, 0) is 38.1 Å². The number of hydrogen-bond donors (Lipinski definition) is 1. The predicted octanol–water partition coefficient (Wildman–Crippen LogP) is 2.48. The minimum absolute atomic E-state index is 0.198. The third-order valence-corrected chi connectivity index (χ3v) is 5.28. The van der Waals surface area contributed by atoms with Crippen LogP contribution in [0.4, 0.5) is 4.39 Å². The van der Waals surface area contributed by atoms with Gasteiger partial charge >= 0.3 is 0 Å². The lowest BCUT2D eigenvalue weighted by Gasteiger charge is -2.38. The van der Waals surface area contributed by atoms with Crippen LogP contribution in [0.3, 0.4) is 0 Å². The highest BCUT2D eigenvalue weighted by Crippen LogP contribution is 2.25. The number of benzene rings is 1. The number of halogens is 1. The second-order valence-corrected chi connectivity index (χ2v) is 7.97. The van der Waals surface area contributed by atoms with Gasteiger partial charge in [0.2, 0.25) is 0 Å². The van der Waals surface area contributed by atoms with Crippen LogP contribution in [-0.4, -0.2) is 54.2 Å². The first-order chi connectivity index (χ1) is 15.4. The molecule has 5 rings (SSSR count). The van der Waals surface area contributed by atoms with Crippen molar-refractivity contribution in [3.8, 4) is 22.9 Å². The van der Waals surface area contributed by atoms with E-state index in [4.69, 9.17) is 4.74 Å². The van der Waals surface area contributed by atoms with Gasteiger partial charge in [0.15, 0.2) is 0 Å². The Morgan fingerprint density at radius 1 is 1.19 bits per heavy atom. The average molecular weight is 433 g/mol. The van der Waals surface area contributed by atoms with E-state index in [1.807, 2.05) is 6.92 Å². The van der Waals surface area contributed by atoms with Gasteiger partial charge in [-0.3, -0.25) is 9.36 Å². The molecule has 10 heteroatoms. The summed E-state index contributed by atoms with van der Waals surface area (Å²) in [7, 11) is 0. The van der Waals surface area contributed by atoms with Crippen molar-refractivity contribution in [2.24, 2.45) is 0 Å². The van der Waals surface area contributed by atoms with Gasteiger partial charge in [-0.1, -0.05) is 17.3 Å². The largest absolute Gasteiger partial charge is 0.376 e. The number of para-hydroxylation sites is 1. The predicted molar refractivity (Wildman–Crippen MR) is 113 cm³/mol. The first-order valence-corrected chi connectivity index (χ1v) is 10.0. The van der Waals surface area contributed by atoms with E-state index in [1.54, 1.807) is 54.3 Å². The SMILES string of the molecule is Cc1nnn(-c2ccccc2F)c1-c1cn(-c2ccc(C(=O)NC3(C)COC3)cn2)cn1. The number of ether oxygens (including phenoxy) is 1. The quantitative estimate of drug-likeness (QED) is 0.519. The molecule has 162 valence electrons. The van der Waals surface area contributed by atoms with Gasteiger partial charge in [0, 0.05) is 12.4 Å². The highest BCUT2D eigenvalue weighted by Gasteiger charge is 2.35. The van der Waals surface area contributed by atoms with Crippen molar-refractivity contribution < 1.29 is 13.9 Å². The Morgan fingerprint density at radius 3 is 2.69 bits per heavy atom. The van der Waals surface area contributed by atoms with E-state index in [9.17, 15) is 9.18 Å². The summed E-state index contributed by atoms with van der Waals surface area (Å²) in [6, 6.07) is 9.79. The highest BCUT2D eigenvalue weighted by molar-refractivity contribution is 5.94. The van der Waals surface area contributed by atoms with Crippen LogP contribution in [-0.2, 0) is 4.74 Å². The normalized spacial score (nSPS) is 14.7. The van der Waals surface area contributed by atoms with E-state index < -0.39 is 5.82 Å². The Bertz CT molecular complexity index is 1290. The number of rotatable bonds is 5. The van der Waals surface area contributed by atoms with Gasteiger partial charge < -0.3 is 10.1 Å². The zero-order valence-electron chi connectivity index (χ0n) is 17.5. The van der Waals surface area contributed by atoms with Gasteiger partial charge in [-0.25, -0.2) is 19.0 Å². The first kappa shape index (κ1) is 20.0. The van der Waals surface area contributed by atoms with Crippen molar-refractivity contribution >= 4 is 5.91 Å². The number of pyridine rings is 1. The fourth-order valence-corrected chi connectivity index (χ4v) is 3.51. The van der Waals surface area contributed by atoms with Gasteiger partial charge in [-0.2, -0.15) is 0 Å². The molecule has 0 spiro atoms. The molecule has 4 heterocycles. The number of carbonyl (C=O) groups excluding carboxylic acids is 1. The number of hydrogen-bond acceptors (Lipinski definition) is 6. The Hall–Kier alpha value is -3.92. The van der Waals surface area contributed by atoms with E-state index in [-0.39, 0.29) is 17.1 Å². The maximum absolute atomic E-state index is 14.3. The molecule has 0 aliphatic carbocycles. The minimum Gasteiger partial charge on any atom is -0.376 e. The summed E-state index contributed by atoms with van der Waals surface area (Å²) >= 11 is 0. The molecule has 1 amide bonds. The van der Waals surface area contributed by atoms with Crippen molar-refractivity contribution in [1.82, 2.24) is 34.8 Å². The van der Waals surface area contributed by atoms with E-state index >= 15 is 0 Å². The topological polar surface area (TPSA) is 99.8 Å². The summed E-state index contributed by atoms with van der Waals surface area (Å²) in [5.41, 5.74) is 2.18. The molecule has 1 aliphatic rings. The van der Waals surface area contributed by atoms with Crippen LogP contribution in [0.5, 0.6) is 0 Å². The van der Waals surface area contributed by atoms with Crippen molar-refractivity contribution in [3.63, 3.8) is 0 Å². The number of aryl methyl sites for hydroxylation is 1. The standard InChI is InChI=1S/C22H20FN7O2/c1-14-20(30(28-27-14)18-6-4-3-5-16(18)23)17-10-29(13-25-17)19-8-7-15(9-24-19)21(31)26-22(2)11-32-12-22/h3-10,13H,11-12H2,1-2H3,(H,26,31). The molecule has 0 radical (unpaired) electrons. The molecule has 0 atom stereocenters. The van der Waals surface area contributed by atoms with Gasteiger partial charge in [-0.15, -0.1) is 5.10 Å². The van der Waals surface area contributed by atoms with E-state index in [0.29, 0.717) is 41.7 Å². The second kappa shape index (κ2) is 7.65. The Balaban J connectivity index is 1.41. The van der Waals surface area contributed by atoms with E-state index in [0.717, 1.165) is 0 Å². The minimum atomic E-state index is -0.407. The van der Waals surface area contributed by atoms with E-state index in [1.165, 1.54) is 16.9 Å². The Labute approximate surface area is 182 Å². The lowest BCUT2D eigenvalue weighted by Crippen LogP contribution is -2.59. The number of nitrogens with one attached hydrogen (secondary N) is 1. The average Bonchev–Trinajstić information content (AvgIpc) is 3.39. The highest BCUT2D eigenvalue weighted by atomic mass is 19.1. The molecule has 1 N–H and O–H groups in total. The third kappa shape index (κ3) is 3.54. The second-order valence-electron chi connectivity index (χ2n) is 7.97. The third-order valence-electron chi connectivity index (χ3n) is 5.28. The molecule has 0 unspecified atom stereocenters. The van der Waals surface area contributed by atoms with Crippen LogP contribution >= 0.6 is 0 Å². The molecular formula is C22H20FN7O2. The number of aromatic nitrogens is 6. The maximum atomic E-state index is 14.3. The molecule has 3 aromatic heterocycles. The molecule has 9 nitrogen and oxygen atoms in total. The summed E-state index contributed by atoms with van der Waals surface area (Å²) in [5, 5.41) is 11.1. The van der Waals surface area contributed by atoms with Crippen LogP contribution in [0.25, 0.3) is 22.9 Å². The lowest BCUT2D eigenvalue weighted by molar-refractivity contribution is -0.0593. The molecule has 32 heavy (non-hydrogen) atoms. The molecule has 1 aromatic carbocycles. The van der Waals surface area contributed by atoms with Crippen LogP contribution in [0, 0.1) is 12.7 Å². The number of amides is 1. The maximum Gasteiger partial charge on any atom is 0.253 e. The van der Waals surface area contributed by atoms with Gasteiger partial charge in [0.1, 0.15) is 35.0 Å². The van der Waals surface area contributed by atoms with Crippen LogP contribution in [0.15, 0.2) is 55.1 Å². The van der Waals surface area contributed by atoms with Crippen molar-refractivity contribution in [1.29, 1.82) is 0 Å². The Kier molecular flexibility index (Phi) is 4.78. The van der Waals surface area contributed by atoms with Crippen LogP contribution in [0.2, 0.25) is 0 Å². The van der Waals surface area contributed by atoms with E-state index in [2.05, 4.69) is 25.6 Å². The fourth-order valence-electron chi connectivity index (χ4n) is 3.51. The zero-order chi connectivity index (χ0) is 22.3. The smallest absolute Gasteiger partial charge is 0.253 e. The van der Waals surface area contributed by atoms with Crippen molar-refractivity contribution in [2.75, 3.05) is 13.2 Å². The lowest BCUT2D eigenvalue weighted by atomic mass is 10.0. The van der Waals surface area contributed by atoms with Crippen LogP contribution < -0.4 is 5.32 Å². The summed E-state index contributed by atoms with van der Waals surface area (Å²) in [6.45, 7) is 4.73. The number of nitrogens with zero attached hydrogens (tertiary/aromatic N) is 6. The zero-order valence-corrected chi connectivity index (χ0v) is 17.5. The molecule has 1 aliphatic heterocycles. The monoisotopic (exact) mass is 433 g/mol. The molecular weight excluding hydrogens is 413 g/mol. The number of carbonyl (C=O) groups is 1. The van der Waals surface area contributed by atoms with Crippen molar-refractivity contribution in [3.05, 3.63) is 72.2 Å². The summed E-state index contributed by atoms with van der Waals surface area (Å²) in [6.07, 6.45) is 4.88. The number of imidazole rings is 1. The molecule has 1 fully saturated rings. The summed E-state index contributed by atoms with van der Waals surface area (Å²) < 4.78 is 22.6.